The number of amides is 1. The molecule has 21 heavy (non-hydrogen) atoms. The van der Waals surface area contributed by atoms with Crippen molar-refractivity contribution < 1.29 is 13.9 Å². The summed E-state index contributed by atoms with van der Waals surface area (Å²) in [6.07, 6.45) is 0. The number of methoxy groups -OCH3 is 1. The second-order valence-corrected chi connectivity index (χ2v) is 4.15. The standard InChI is InChI=1S/C15H12FN3O2/c1-21-13-7-3-5-11(18)14(13)15(20)19-12-6-2-4-10(16)9(12)8-17/h2-7H,18H2,1H3,(H,19,20). The number of nitriles is 1. The van der Waals surface area contributed by atoms with E-state index in [1.807, 2.05) is 0 Å². The van der Waals surface area contributed by atoms with E-state index in [-0.39, 0.29) is 22.5 Å². The van der Waals surface area contributed by atoms with Crippen molar-refractivity contribution in [3.05, 3.63) is 53.3 Å². The van der Waals surface area contributed by atoms with Crippen LogP contribution in [0.15, 0.2) is 36.4 Å². The van der Waals surface area contributed by atoms with Crippen molar-refractivity contribution in [3.8, 4) is 11.8 Å². The first kappa shape index (κ1) is 14.3. The molecule has 0 aliphatic heterocycles. The topological polar surface area (TPSA) is 88.1 Å². The molecule has 0 unspecified atom stereocenters. The molecule has 0 aromatic heterocycles. The van der Waals surface area contributed by atoms with E-state index in [0.717, 1.165) is 6.07 Å². The van der Waals surface area contributed by atoms with E-state index in [4.69, 9.17) is 15.7 Å². The highest BCUT2D eigenvalue weighted by Gasteiger charge is 2.18. The zero-order valence-electron chi connectivity index (χ0n) is 11.2. The molecule has 0 fully saturated rings. The second kappa shape index (κ2) is 5.92. The lowest BCUT2D eigenvalue weighted by molar-refractivity contribution is 0.102. The number of nitrogen functional groups attached to an aromatic ring is 1. The van der Waals surface area contributed by atoms with E-state index >= 15 is 0 Å². The lowest BCUT2D eigenvalue weighted by Gasteiger charge is -2.12. The van der Waals surface area contributed by atoms with Gasteiger partial charge in [0, 0.05) is 5.69 Å². The third kappa shape index (κ3) is 2.77. The summed E-state index contributed by atoms with van der Waals surface area (Å²) in [4.78, 5) is 12.3. The fourth-order valence-corrected chi connectivity index (χ4v) is 1.89. The summed E-state index contributed by atoms with van der Waals surface area (Å²) in [5.41, 5.74) is 5.97. The summed E-state index contributed by atoms with van der Waals surface area (Å²) in [6, 6.07) is 10.5. The number of hydrogen-bond acceptors (Lipinski definition) is 4. The van der Waals surface area contributed by atoms with Crippen LogP contribution in [-0.2, 0) is 0 Å². The molecule has 2 aromatic carbocycles. The Kier molecular flexibility index (Phi) is 4.05. The summed E-state index contributed by atoms with van der Waals surface area (Å²) < 4.78 is 18.6. The zero-order chi connectivity index (χ0) is 15.4. The molecule has 5 nitrogen and oxygen atoms in total. The molecule has 0 aliphatic carbocycles. The van der Waals surface area contributed by atoms with E-state index in [1.54, 1.807) is 24.3 Å². The van der Waals surface area contributed by atoms with Crippen molar-refractivity contribution >= 4 is 17.3 Å². The summed E-state index contributed by atoms with van der Waals surface area (Å²) >= 11 is 0. The van der Waals surface area contributed by atoms with Crippen molar-refractivity contribution in [2.75, 3.05) is 18.2 Å². The fraction of sp³-hybridized carbons (Fsp3) is 0.0667. The molecule has 3 N–H and O–H groups in total. The molecule has 106 valence electrons. The van der Waals surface area contributed by atoms with Crippen molar-refractivity contribution in [1.29, 1.82) is 5.26 Å². The van der Waals surface area contributed by atoms with Gasteiger partial charge in [0.05, 0.1) is 12.8 Å². The lowest BCUT2D eigenvalue weighted by atomic mass is 10.1. The van der Waals surface area contributed by atoms with Gasteiger partial charge in [-0.3, -0.25) is 4.79 Å². The molecule has 0 bridgehead atoms. The molecular formula is C15H12FN3O2. The second-order valence-electron chi connectivity index (χ2n) is 4.15. The predicted molar refractivity (Wildman–Crippen MR) is 76.5 cm³/mol. The minimum Gasteiger partial charge on any atom is -0.496 e. The Morgan fingerprint density at radius 1 is 1.33 bits per heavy atom. The molecule has 0 aliphatic rings. The van der Waals surface area contributed by atoms with Crippen LogP contribution in [0.25, 0.3) is 0 Å². The minimum absolute atomic E-state index is 0.0767. The van der Waals surface area contributed by atoms with Gasteiger partial charge in [0.1, 0.15) is 28.8 Å². The van der Waals surface area contributed by atoms with Crippen LogP contribution >= 0.6 is 0 Å². The predicted octanol–water partition coefficient (Wildman–Crippen LogP) is 2.54. The first-order chi connectivity index (χ1) is 10.1. The van der Waals surface area contributed by atoms with Gasteiger partial charge in [0.2, 0.25) is 0 Å². The zero-order valence-corrected chi connectivity index (χ0v) is 11.2. The molecule has 0 saturated heterocycles. The van der Waals surface area contributed by atoms with E-state index < -0.39 is 11.7 Å². The van der Waals surface area contributed by atoms with Gasteiger partial charge in [-0.2, -0.15) is 5.26 Å². The summed E-state index contributed by atoms with van der Waals surface area (Å²) in [5, 5.41) is 11.4. The number of ether oxygens (including phenoxy) is 1. The van der Waals surface area contributed by atoms with Crippen LogP contribution in [0, 0.1) is 17.1 Å². The number of carbonyl (C=O) groups excluding carboxylic acids is 1. The number of carbonyl (C=O) groups is 1. The average Bonchev–Trinajstić information content (AvgIpc) is 2.47. The number of nitrogens with zero attached hydrogens (tertiary/aromatic N) is 1. The number of halogens is 1. The van der Waals surface area contributed by atoms with Crippen LogP contribution in [0.3, 0.4) is 0 Å². The number of nitrogens with one attached hydrogen (secondary N) is 1. The number of hydrogen-bond donors (Lipinski definition) is 2. The molecule has 2 aromatic rings. The quantitative estimate of drug-likeness (QED) is 0.848. The normalized spacial score (nSPS) is 9.76. The Hall–Kier alpha value is -3.07. The average molecular weight is 285 g/mol. The fourth-order valence-electron chi connectivity index (χ4n) is 1.89. The molecule has 0 saturated carbocycles. The Balaban J connectivity index is 2.41. The van der Waals surface area contributed by atoms with Gasteiger partial charge in [0.25, 0.3) is 5.91 Å². The first-order valence-corrected chi connectivity index (χ1v) is 6.01. The largest absolute Gasteiger partial charge is 0.496 e. The van der Waals surface area contributed by atoms with Gasteiger partial charge in [-0.15, -0.1) is 0 Å². The van der Waals surface area contributed by atoms with E-state index in [0.29, 0.717) is 5.75 Å². The Morgan fingerprint density at radius 2 is 2.05 bits per heavy atom. The minimum atomic E-state index is -0.705. The van der Waals surface area contributed by atoms with Crippen molar-refractivity contribution in [1.82, 2.24) is 0 Å². The van der Waals surface area contributed by atoms with Crippen LogP contribution < -0.4 is 15.8 Å². The van der Waals surface area contributed by atoms with Crippen LogP contribution in [-0.4, -0.2) is 13.0 Å². The number of anilines is 2. The van der Waals surface area contributed by atoms with Crippen LogP contribution in [0.1, 0.15) is 15.9 Å². The number of benzene rings is 2. The molecular weight excluding hydrogens is 273 g/mol. The lowest BCUT2D eigenvalue weighted by Crippen LogP contribution is -2.16. The summed E-state index contributed by atoms with van der Waals surface area (Å²) in [7, 11) is 1.41. The molecule has 2 rings (SSSR count). The Labute approximate surface area is 120 Å². The van der Waals surface area contributed by atoms with Crippen molar-refractivity contribution in [3.63, 3.8) is 0 Å². The molecule has 0 radical (unpaired) electrons. The molecule has 6 heteroatoms. The monoisotopic (exact) mass is 285 g/mol. The van der Waals surface area contributed by atoms with Crippen LogP contribution in [0.2, 0.25) is 0 Å². The third-order valence-corrected chi connectivity index (χ3v) is 2.88. The highest BCUT2D eigenvalue weighted by atomic mass is 19.1. The highest BCUT2D eigenvalue weighted by Crippen LogP contribution is 2.26. The number of nitrogens with two attached hydrogens (primary N) is 1. The molecule has 0 heterocycles. The van der Waals surface area contributed by atoms with Gasteiger partial charge < -0.3 is 15.8 Å². The van der Waals surface area contributed by atoms with Gasteiger partial charge in [0.15, 0.2) is 0 Å². The van der Waals surface area contributed by atoms with E-state index in [2.05, 4.69) is 5.32 Å². The maximum absolute atomic E-state index is 13.5. The van der Waals surface area contributed by atoms with Gasteiger partial charge >= 0.3 is 0 Å². The SMILES string of the molecule is COc1cccc(N)c1C(=O)Nc1cccc(F)c1C#N. The van der Waals surface area contributed by atoms with Gasteiger partial charge in [-0.05, 0) is 24.3 Å². The summed E-state index contributed by atoms with van der Waals surface area (Å²) in [6.45, 7) is 0. The molecule has 1 amide bonds. The van der Waals surface area contributed by atoms with Crippen molar-refractivity contribution in [2.24, 2.45) is 0 Å². The van der Waals surface area contributed by atoms with Crippen molar-refractivity contribution in [2.45, 2.75) is 0 Å². The van der Waals surface area contributed by atoms with E-state index in [1.165, 1.54) is 19.2 Å². The van der Waals surface area contributed by atoms with Crippen LogP contribution in [0.5, 0.6) is 5.75 Å². The number of rotatable bonds is 3. The Bertz CT molecular complexity index is 738. The molecule has 0 atom stereocenters. The smallest absolute Gasteiger partial charge is 0.261 e. The highest BCUT2D eigenvalue weighted by molar-refractivity contribution is 6.10. The van der Waals surface area contributed by atoms with Gasteiger partial charge in [-0.1, -0.05) is 12.1 Å². The molecule has 0 spiro atoms. The maximum Gasteiger partial charge on any atom is 0.261 e. The Morgan fingerprint density at radius 3 is 2.71 bits per heavy atom. The maximum atomic E-state index is 13.5. The van der Waals surface area contributed by atoms with Crippen LogP contribution in [0.4, 0.5) is 15.8 Å². The van der Waals surface area contributed by atoms with E-state index in [9.17, 15) is 9.18 Å². The van der Waals surface area contributed by atoms with Gasteiger partial charge in [-0.25, -0.2) is 4.39 Å². The summed E-state index contributed by atoms with van der Waals surface area (Å²) in [5.74, 6) is -0.988. The third-order valence-electron chi connectivity index (χ3n) is 2.88. The first-order valence-electron chi connectivity index (χ1n) is 6.01.